The summed E-state index contributed by atoms with van der Waals surface area (Å²) in [6.07, 6.45) is 11.7. The summed E-state index contributed by atoms with van der Waals surface area (Å²) in [4.78, 5) is 6.47. The van der Waals surface area contributed by atoms with E-state index in [0.29, 0.717) is 106 Å². The molecule has 3 aromatic carbocycles. The van der Waals surface area contributed by atoms with Crippen LogP contribution in [-0.2, 0) is 63.8 Å². The molecule has 2 aromatic heterocycles. The number of benzene rings is 3. The van der Waals surface area contributed by atoms with Crippen LogP contribution < -0.4 is 4.90 Å². The Bertz CT molecular complexity index is 2490. The summed E-state index contributed by atoms with van der Waals surface area (Å²) >= 11 is 4.81. The highest BCUT2D eigenvalue weighted by molar-refractivity contribution is 7.78. The second-order valence-corrected chi connectivity index (χ2v) is 18.1. The summed E-state index contributed by atoms with van der Waals surface area (Å²) < 4.78 is 51.0. The van der Waals surface area contributed by atoms with Crippen LogP contribution in [0.15, 0.2) is 77.8 Å². The largest absolute Gasteiger partial charge is 0.379 e. The third kappa shape index (κ3) is 14.7. The minimum absolute atomic E-state index is 0.271. The number of para-hydroxylation sites is 1. The van der Waals surface area contributed by atoms with Gasteiger partial charge in [0.25, 0.3) is 0 Å². The fourth-order valence-electron chi connectivity index (χ4n) is 9.87. The van der Waals surface area contributed by atoms with E-state index in [1.54, 1.807) is 0 Å². The van der Waals surface area contributed by atoms with Gasteiger partial charge in [-0.05, 0) is 98.0 Å². The summed E-state index contributed by atoms with van der Waals surface area (Å²) in [5, 5.41) is 20.8. The Morgan fingerprint density at radius 1 is 0.704 bits per heavy atom. The fourth-order valence-corrected chi connectivity index (χ4v) is 9.98. The second kappa shape index (κ2) is 28.1. The zero-order valence-electron chi connectivity index (χ0n) is 41.0. The molecule has 0 bridgehead atoms. The van der Waals surface area contributed by atoms with E-state index in [2.05, 4.69) is 90.6 Å². The van der Waals surface area contributed by atoms with Gasteiger partial charge in [0.05, 0.1) is 114 Å². The molecule has 17 heteroatoms. The molecule has 378 valence electrons. The molecule has 0 radical (unpaired) electrons. The summed E-state index contributed by atoms with van der Waals surface area (Å²) in [7, 11) is 0. The van der Waals surface area contributed by atoms with Crippen molar-refractivity contribution in [2.75, 3.05) is 111 Å². The molecule has 71 heavy (non-hydrogen) atoms. The molecular formula is C54H68N8O8S. The van der Waals surface area contributed by atoms with Gasteiger partial charge in [-0.15, -0.1) is 16.6 Å². The lowest BCUT2D eigenvalue weighted by atomic mass is 9.95. The van der Waals surface area contributed by atoms with Crippen LogP contribution in [-0.4, -0.2) is 147 Å². The Morgan fingerprint density at radius 3 is 2.15 bits per heavy atom. The quantitative estimate of drug-likeness (QED) is 0.0185. The van der Waals surface area contributed by atoms with Gasteiger partial charge in [-0.1, -0.05) is 72.2 Å². The standard InChI is InChI=1S/C54H68N8O8S/c1-3-24-63-29-31-66-33-34-69-39-44(38-68-26-9-25-64-28-23-61-52-21-19-48-45(4-2)47(48)18-20-50(52)56-58-61)70-36-35-67-32-30-65-27-22-60-37-41-10-5-6-11-46(41)53-54(49-12-7-8-13-51(49)60)62(59-57-53)43-16-14-42(15-17-43)55-40-71/h1,5-8,10-17,44-45,47-48H,4,9,18-39H2,2H3. The molecule has 0 N–H and O–H groups in total. The van der Waals surface area contributed by atoms with Crippen molar-refractivity contribution in [3.05, 3.63) is 89.7 Å². The molecule has 0 spiro atoms. The number of aliphatic imine (C=N–C) groups is 1. The van der Waals surface area contributed by atoms with Crippen molar-refractivity contribution in [2.24, 2.45) is 22.7 Å². The minimum Gasteiger partial charge on any atom is -0.379 e. The van der Waals surface area contributed by atoms with E-state index in [9.17, 15) is 0 Å². The van der Waals surface area contributed by atoms with E-state index in [1.165, 1.54) is 30.7 Å². The Balaban J connectivity index is 0.746. The fraction of sp³-hybridized carbons (Fsp3) is 0.537. The first-order valence-electron chi connectivity index (χ1n) is 25.2. The Kier molecular flexibility index (Phi) is 20.7. The normalized spacial score (nSPS) is 17.2. The maximum absolute atomic E-state index is 6.18. The number of anilines is 1. The predicted octanol–water partition coefficient (Wildman–Crippen LogP) is 7.62. The molecule has 0 saturated heterocycles. The highest BCUT2D eigenvalue weighted by atomic mass is 32.1. The molecule has 0 amide bonds. The molecule has 5 aromatic rings. The lowest BCUT2D eigenvalue weighted by molar-refractivity contribution is -0.0826. The molecule has 8 rings (SSSR count). The molecule has 3 heterocycles. The number of hydrogen-bond donors (Lipinski definition) is 0. The topological polar surface area (TPSA) is 151 Å². The van der Waals surface area contributed by atoms with Crippen LogP contribution in [0.25, 0.3) is 28.2 Å². The second-order valence-electron chi connectivity index (χ2n) is 17.9. The number of aryl methyl sites for hydroxylation is 1. The molecule has 4 unspecified atom stereocenters. The highest BCUT2D eigenvalue weighted by Crippen LogP contribution is 2.54. The van der Waals surface area contributed by atoms with Gasteiger partial charge in [-0.2, -0.15) is 4.99 Å². The van der Waals surface area contributed by atoms with Crippen LogP contribution >= 0.6 is 12.2 Å². The van der Waals surface area contributed by atoms with Gasteiger partial charge in [0.1, 0.15) is 24.1 Å². The van der Waals surface area contributed by atoms with Gasteiger partial charge >= 0.3 is 0 Å². The van der Waals surface area contributed by atoms with E-state index >= 15 is 0 Å². The monoisotopic (exact) mass is 988 g/mol. The first-order chi connectivity index (χ1) is 35.2. The zero-order chi connectivity index (χ0) is 48.9. The minimum atomic E-state index is -0.271. The van der Waals surface area contributed by atoms with Crippen molar-refractivity contribution >= 4 is 28.8 Å². The number of nitrogens with zero attached hydrogens (tertiary/aromatic N) is 8. The number of aromatic nitrogens is 6. The summed E-state index contributed by atoms with van der Waals surface area (Å²) in [6.45, 7) is 11.1. The summed E-state index contributed by atoms with van der Waals surface area (Å²) in [5.74, 6) is 5.15. The number of terminal acetylenes is 1. The van der Waals surface area contributed by atoms with Gasteiger partial charge < -0.3 is 42.8 Å². The van der Waals surface area contributed by atoms with Crippen LogP contribution in [0.5, 0.6) is 0 Å². The molecule has 16 nitrogen and oxygen atoms in total. The molecule has 1 aliphatic heterocycles. The van der Waals surface area contributed by atoms with Gasteiger partial charge in [-0.3, -0.25) is 0 Å². The van der Waals surface area contributed by atoms with Crippen LogP contribution in [0.2, 0.25) is 0 Å². The van der Waals surface area contributed by atoms with Crippen LogP contribution in [0.3, 0.4) is 0 Å². The Morgan fingerprint density at radius 2 is 1.37 bits per heavy atom. The lowest BCUT2D eigenvalue weighted by Gasteiger charge is -2.30. The van der Waals surface area contributed by atoms with E-state index in [1.807, 2.05) is 35.0 Å². The Hall–Kier alpha value is -5.22. The third-order valence-electron chi connectivity index (χ3n) is 13.4. The molecule has 3 aliphatic rings. The van der Waals surface area contributed by atoms with Crippen molar-refractivity contribution in [3.63, 3.8) is 0 Å². The van der Waals surface area contributed by atoms with Crippen LogP contribution in [0, 0.1) is 30.1 Å². The van der Waals surface area contributed by atoms with Gasteiger partial charge in [0.15, 0.2) is 0 Å². The van der Waals surface area contributed by atoms with Crippen molar-refractivity contribution < 1.29 is 37.9 Å². The zero-order valence-corrected chi connectivity index (χ0v) is 41.9. The molecule has 4 atom stereocenters. The molecule has 1 fully saturated rings. The van der Waals surface area contributed by atoms with Crippen molar-refractivity contribution in [2.45, 2.75) is 64.6 Å². The number of hydrogen-bond acceptors (Lipinski definition) is 15. The predicted molar refractivity (Wildman–Crippen MR) is 274 cm³/mol. The number of thiocarbonyl (C=S) groups is 1. The van der Waals surface area contributed by atoms with Crippen molar-refractivity contribution in [3.8, 4) is 40.5 Å². The van der Waals surface area contributed by atoms with Crippen molar-refractivity contribution in [1.82, 2.24) is 30.0 Å². The van der Waals surface area contributed by atoms with E-state index < -0.39 is 0 Å². The number of isothiocyanates is 1. The number of rotatable bonds is 31. The van der Waals surface area contributed by atoms with Crippen molar-refractivity contribution in [1.29, 1.82) is 0 Å². The molecule has 2 aliphatic carbocycles. The first-order valence-corrected chi connectivity index (χ1v) is 25.6. The SMILES string of the molecule is C#CCOCCOCCOCC(COCCCOCCn1nnc2c1CCC1C(CC)C1CC2)OCCOCCOCCN1Cc2ccccc2-c2nnn(-c3ccc(N=C=S)cc3)c2-c2ccccc21. The Labute approximate surface area is 423 Å². The molecular weight excluding hydrogens is 921 g/mol. The van der Waals surface area contributed by atoms with Gasteiger partial charge in [0.2, 0.25) is 0 Å². The van der Waals surface area contributed by atoms with E-state index in [0.717, 1.165) is 88.7 Å². The third-order valence-corrected chi connectivity index (χ3v) is 13.5. The van der Waals surface area contributed by atoms with E-state index in [-0.39, 0.29) is 12.7 Å². The first kappa shape index (κ1) is 52.1. The van der Waals surface area contributed by atoms with Gasteiger partial charge in [0, 0.05) is 43.1 Å². The molecule has 1 saturated carbocycles. The summed E-state index contributed by atoms with van der Waals surface area (Å²) in [5.41, 5.74) is 10.1. The average molecular weight is 989 g/mol. The maximum atomic E-state index is 6.18. The van der Waals surface area contributed by atoms with Crippen LogP contribution in [0.1, 0.15) is 49.6 Å². The van der Waals surface area contributed by atoms with Crippen LogP contribution in [0.4, 0.5) is 11.4 Å². The highest BCUT2D eigenvalue weighted by Gasteiger charge is 2.48. The smallest absolute Gasteiger partial charge is 0.121 e. The maximum Gasteiger partial charge on any atom is 0.121 e. The van der Waals surface area contributed by atoms with E-state index in [4.69, 9.17) is 61.6 Å². The van der Waals surface area contributed by atoms with Gasteiger partial charge in [-0.25, -0.2) is 9.36 Å². The number of ether oxygens (including phenoxy) is 8. The summed E-state index contributed by atoms with van der Waals surface area (Å²) in [6, 6.07) is 24.5. The lowest BCUT2D eigenvalue weighted by Crippen LogP contribution is -2.29. The number of fused-ring (bicyclic) bond motifs is 7. The average Bonchev–Trinajstić information content (AvgIpc) is 3.63.